The molecule has 2 N–H and O–H groups in total. The molecule has 0 unspecified atom stereocenters. The average Bonchev–Trinajstić information content (AvgIpc) is 2.24. The molecule has 0 saturated carbocycles. The molecule has 0 aromatic rings. The maximum atomic E-state index is 11.8. The Morgan fingerprint density at radius 2 is 2.00 bits per heavy atom. The van der Waals surface area contributed by atoms with Gasteiger partial charge in [0.15, 0.2) is 0 Å². The van der Waals surface area contributed by atoms with E-state index in [4.69, 9.17) is 4.74 Å². The predicted molar refractivity (Wildman–Crippen MR) is 80.5 cm³/mol. The lowest BCUT2D eigenvalue weighted by atomic mass is 9.83. The zero-order valence-electron chi connectivity index (χ0n) is 13.1. The standard InChI is InChI=1S/C14H25NO5Si/c1-9(16)13-11(15-14(13)19)7-10(17)8-12(18)20-5-6-21(2,3)4/h9,11,13,16H,5-8H2,1-4H3,(H,15,19)/t9-,11-,13-/m0/s1. The van der Waals surface area contributed by atoms with Crippen LogP contribution in [-0.2, 0) is 19.1 Å². The molecule has 120 valence electrons. The molecule has 1 heterocycles. The minimum Gasteiger partial charge on any atom is -0.466 e. The van der Waals surface area contributed by atoms with Gasteiger partial charge in [0.25, 0.3) is 0 Å². The van der Waals surface area contributed by atoms with Crippen molar-refractivity contribution in [2.45, 2.75) is 57.6 Å². The highest BCUT2D eigenvalue weighted by Crippen LogP contribution is 2.22. The van der Waals surface area contributed by atoms with E-state index in [9.17, 15) is 19.5 Å². The number of hydrogen-bond donors (Lipinski definition) is 2. The number of ether oxygens (including phenoxy) is 1. The number of aliphatic hydroxyl groups excluding tert-OH is 1. The number of esters is 1. The first-order valence-corrected chi connectivity index (χ1v) is 11.0. The van der Waals surface area contributed by atoms with Crippen LogP contribution in [0, 0.1) is 5.92 Å². The van der Waals surface area contributed by atoms with Crippen molar-refractivity contribution in [3.8, 4) is 0 Å². The van der Waals surface area contributed by atoms with Gasteiger partial charge in [-0.2, -0.15) is 0 Å². The zero-order valence-corrected chi connectivity index (χ0v) is 14.1. The molecule has 7 heteroatoms. The smallest absolute Gasteiger partial charge is 0.313 e. The first kappa shape index (κ1) is 17.8. The average molecular weight is 315 g/mol. The van der Waals surface area contributed by atoms with Crippen molar-refractivity contribution >= 4 is 25.7 Å². The molecule has 21 heavy (non-hydrogen) atoms. The Morgan fingerprint density at radius 1 is 1.38 bits per heavy atom. The van der Waals surface area contributed by atoms with Gasteiger partial charge in [-0.1, -0.05) is 19.6 Å². The minimum atomic E-state index is -1.25. The Labute approximate surface area is 126 Å². The fraction of sp³-hybridized carbons (Fsp3) is 0.786. The second-order valence-electron chi connectivity index (χ2n) is 6.83. The summed E-state index contributed by atoms with van der Waals surface area (Å²) in [5.41, 5.74) is 0. The maximum absolute atomic E-state index is 11.8. The lowest BCUT2D eigenvalue weighted by Gasteiger charge is -2.38. The molecule has 0 aromatic carbocycles. The number of β-lactam (4-membered cyclic amide) rings is 1. The van der Waals surface area contributed by atoms with Crippen molar-refractivity contribution in [1.82, 2.24) is 5.32 Å². The summed E-state index contributed by atoms with van der Waals surface area (Å²) < 4.78 is 5.06. The fourth-order valence-corrected chi connectivity index (χ4v) is 2.90. The van der Waals surface area contributed by atoms with Gasteiger partial charge in [0, 0.05) is 20.5 Å². The van der Waals surface area contributed by atoms with Crippen molar-refractivity contribution in [2.24, 2.45) is 5.92 Å². The van der Waals surface area contributed by atoms with Gasteiger partial charge in [-0.3, -0.25) is 14.4 Å². The topological polar surface area (TPSA) is 92.7 Å². The Morgan fingerprint density at radius 3 is 2.48 bits per heavy atom. The SMILES string of the molecule is C[C@H](O)[C@@H]1C(=O)N[C@H]1CC(=O)CC(=O)OCC[Si](C)(C)C. The fourth-order valence-electron chi connectivity index (χ4n) is 2.19. The number of amides is 1. The summed E-state index contributed by atoms with van der Waals surface area (Å²) in [6, 6.07) is 0.496. The molecule has 6 nitrogen and oxygen atoms in total. The minimum absolute atomic E-state index is 0.0599. The van der Waals surface area contributed by atoms with Crippen LogP contribution in [0.25, 0.3) is 0 Å². The Balaban J connectivity index is 2.28. The van der Waals surface area contributed by atoms with Crippen LogP contribution in [0.5, 0.6) is 0 Å². The van der Waals surface area contributed by atoms with Gasteiger partial charge in [-0.15, -0.1) is 0 Å². The summed E-state index contributed by atoms with van der Waals surface area (Å²) in [6.45, 7) is 8.42. The molecule has 1 saturated heterocycles. The lowest BCUT2D eigenvalue weighted by molar-refractivity contribution is -0.146. The summed E-state index contributed by atoms with van der Waals surface area (Å²) >= 11 is 0. The number of aliphatic hydroxyl groups is 1. The molecule has 3 atom stereocenters. The van der Waals surface area contributed by atoms with Crippen LogP contribution in [0.15, 0.2) is 0 Å². The number of carbonyl (C=O) groups excluding carboxylic acids is 3. The van der Waals surface area contributed by atoms with Crippen LogP contribution in [0.4, 0.5) is 0 Å². The van der Waals surface area contributed by atoms with Gasteiger partial charge in [0.1, 0.15) is 12.2 Å². The van der Waals surface area contributed by atoms with E-state index in [1.54, 1.807) is 0 Å². The lowest BCUT2D eigenvalue weighted by Crippen LogP contribution is -2.62. The van der Waals surface area contributed by atoms with Gasteiger partial charge >= 0.3 is 5.97 Å². The van der Waals surface area contributed by atoms with Gasteiger partial charge in [-0.25, -0.2) is 0 Å². The molecule has 0 aromatic heterocycles. The van der Waals surface area contributed by atoms with Gasteiger partial charge in [0.05, 0.1) is 18.6 Å². The maximum Gasteiger partial charge on any atom is 0.313 e. The highest BCUT2D eigenvalue weighted by atomic mass is 28.3. The molecule has 1 rings (SSSR count). The van der Waals surface area contributed by atoms with Crippen molar-refractivity contribution in [1.29, 1.82) is 0 Å². The zero-order chi connectivity index (χ0) is 16.2. The van der Waals surface area contributed by atoms with Gasteiger partial charge < -0.3 is 15.2 Å². The molecule has 0 aliphatic carbocycles. The molecule has 0 spiro atoms. The number of rotatable bonds is 8. The molecule has 1 aliphatic heterocycles. The number of nitrogens with one attached hydrogen (secondary N) is 1. The van der Waals surface area contributed by atoms with Crippen LogP contribution >= 0.6 is 0 Å². The largest absolute Gasteiger partial charge is 0.466 e. The first-order chi connectivity index (χ1) is 9.60. The van der Waals surface area contributed by atoms with E-state index in [1.807, 2.05) is 0 Å². The van der Waals surface area contributed by atoms with Crippen LogP contribution in [0.1, 0.15) is 19.8 Å². The summed E-state index contributed by atoms with van der Waals surface area (Å²) in [5, 5.41) is 12.0. The number of ketones is 1. The number of hydrogen-bond acceptors (Lipinski definition) is 5. The Hall–Kier alpha value is -1.21. The molecule has 0 bridgehead atoms. The van der Waals surface area contributed by atoms with Crippen molar-refractivity contribution in [2.75, 3.05) is 6.61 Å². The highest BCUT2D eigenvalue weighted by Gasteiger charge is 2.43. The van der Waals surface area contributed by atoms with E-state index in [2.05, 4.69) is 25.0 Å². The molecule has 0 radical (unpaired) electrons. The third kappa shape index (κ3) is 5.97. The van der Waals surface area contributed by atoms with Crippen molar-refractivity contribution in [3.63, 3.8) is 0 Å². The predicted octanol–water partition coefficient (Wildman–Crippen LogP) is 0.712. The Bertz CT molecular complexity index is 416. The third-order valence-electron chi connectivity index (χ3n) is 3.49. The molecule has 1 aliphatic rings. The summed E-state index contributed by atoms with van der Waals surface area (Å²) in [7, 11) is -1.25. The Kier molecular flexibility index (Phi) is 6.09. The van der Waals surface area contributed by atoms with Crippen molar-refractivity contribution in [3.05, 3.63) is 0 Å². The summed E-state index contributed by atoms with van der Waals surface area (Å²) in [6.07, 6.45) is -1.00. The van der Waals surface area contributed by atoms with Crippen LogP contribution < -0.4 is 5.32 Å². The van der Waals surface area contributed by atoms with E-state index in [0.717, 1.165) is 6.04 Å². The number of carbonyl (C=O) groups is 3. The van der Waals surface area contributed by atoms with Crippen LogP contribution in [0.3, 0.4) is 0 Å². The second kappa shape index (κ2) is 7.17. The monoisotopic (exact) mass is 315 g/mol. The number of Topliss-reactive ketones (excluding diaryl/α,β-unsaturated/α-hetero) is 1. The highest BCUT2D eigenvalue weighted by molar-refractivity contribution is 6.76. The molecular weight excluding hydrogens is 290 g/mol. The molecule has 1 fully saturated rings. The van der Waals surface area contributed by atoms with E-state index in [0.29, 0.717) is 6.61 Å². The second-order valence-corrected chi connectivity index (χ2v) is 12.5. The normalized spacial score (nSPS) is 23.0. The van der Waals surface area contributed by atoms with Crippen LogP contribution in [0.2, 0.25) is 25.7 Å². The quantitative estimate of drug-likeness (QED) is 0.298. The molecule has 1 amide bonds. The first-order valence-electron chi connectivity index (χ1n) is 7.26. The van der Waals surface area contributed by atoms with E-state index in [-0.39, 0.29) is 30.6 Å². The van der Waals surface area contributed by atoms with Gasteiger partial charge in [-0.05, 0) is 13.0 Å². The molecular formula is C14H25NO5Si. The van der Waals surface area contributed by atoms with Gasteiger partial charge in [0.2, 0.25) is 5.91 Å². The van der Waals surface area contributed by atoms with E-state index in [1.165, 1.54) is 6.92 Å². The van der Waals surface area contributed by atoms with Crippen molar-refractivity contribution < 1.29 is 24.2 Å². The van der Waals surface area contributed by atoms with E-state index >= 15 is 0 Å². The third-order valence-corrected chi connectivity index (χ3v) is 5.19. The summed E-state index contributed by atoms with van der Waals surface area (Å²) in [4.78, 5) is 34.6. The summed E-state index contributed by atoms with van der Waals surface area (Å²) in [5.74, 6) is -1.60. The van der Waals surface area contributed by atoms with E-state index < -0.39 is 26.1 Å². The van der Waals surface area contributed by atoms with Crippen LogP contribution in [-0.4, -0.2) is 49.6 Å².